The lowest BCUT2D eigenvalue weighted by Gasteiger charge is -2.37. The number of amides is 3. The largest absolute Gasteiger partial charge is 0.497 e. The molecule has 1 aliphatic rings. The summed E-state index contributed by atoms with van der Waals surface area (Å²) in [6.07, 6.45) is 0. The number of aliphatic carboxylic acids is 1. The van der Waals surface area contributed by atoms with E-state index in [1.807, 2.05) is 5.32 Å². The Kier molecular flexibility index (Phi) is 4.03. The van der Waals surface area contributed by atoms with E-state index in [1.54, 1.807) is 24.3 Å². The minimum atomic E-state index is -1.71. The maximum absolute atomic E-state index is 12.0. The summed E-state index contributed by atoms with van der Waals surface area (Å²) in [5.41, 5.74) is 0.477. The fraction of sp³-hybridized carbons (Fsp3) is 0.250. The summed E-state index contributed by atoms with van der Waals surface area (Å²) in [6.45, 7) is 0. The number of hydrogen-bond acceptors (Lipinski definition) is 5. The molecule has 0 spiro atoms. The molecule has 9 heteroatoms. The Morgan fingerprint density at radius 1 is 1.38 bits per heavy atom. The van der Waals surface area contributed by atoms with Crippen LogP contribution < -0.4 is 20.7 Å². The SMILES string of the molecule is COc1ccc(N[C@@]2(Br)C(=O)NC(=O)N[C@H]2C(=O)O)cc1. The molecule has 0 bridgehead atoms. The zero-order valence-corrected chi connectivity index (χ0v) is 12.4. The predicted molar refractivity (Wildman–Crippen MR) is 76.4 cm³/mol. The maximum atomic E-state index is 12.0. The smallest absolute Gasteiger partial charge is 0.330 e. The molecule has 0 aliphatic carbocycles. The first-order valence-corrected chi connectivity index (χ1v) is 6.62. The van der Waals surface area contributed by atoms with Gasteiger partial charge in [-0.15, -0.1) is 0 Å². The van der Waals surface area contributed by atoms with Crippen LogP contribution in [0.25, 0.3) is 0 Å². The number of halogens is 1. The first-order valence-electron chi connectivity index (χ1n) is 5.82. The summed E-state index contributed by atoms with van der Waals surface area (Å²) >= 11 is 3.08. The van der Waals surface area contributed by atoms with Crippen LogP contribution >= 0.6 is 15.9 Å². The lowest BCUT2D eigenvalue weighted by atomic mass is 10.0. The summed E-state index contributed by atoms with van der Waals surface area (Å²) in [6, 6.07) is 4.19. The van der Waals surface area contributed by atoms with Gasteiger partial charge >= 0.3 is 12.0 Å². The number of carboxylic acid groups (broad SMARTS) is 1. The highest BCUT2D eigenvalue weighted by atomic mass is 79.9. The summed E-state index contributed by atoms with van der Waals surface area (Å²) < 4.78 is 3.30. The standard InChI is InChI=1S/C12H12BrN3O5/c1-21-7-4-2-6(3-5-7)16-12(13)8(9(17)18)14-11(20)15-10(12)19/h2-5,8,16H,1H3,(H,17,18)(H2,14,15,19,20)/t8-,12+/m0/s1. The summed E-state index contributed by atoms with van der Waals surface area (Å²) in [5.74, 6) is -1.54. The highest BCUT2D eigenvalue weighted by molar-refractivity contribution is 9.10. The van der Waals surface area contributed by atoms with Gasteiger partial charge in [-0.3, -0.25) is 10.1 Å². The highest BCUT2D eigenvalue weighted by Gasteiger charge is 2.52. The number of rotatable bonds is 4. The van der Waals surface area contributed by atoms with E-state index in [4.69, 9.17) is 4.74 Å². The van der Waals surface area contributed by atoms with E-state index in [1.165, 1.54) is 7.11 Å². The number of carbonyl (C=O) groups is 3. The molecule has 0 radical (unpaired) electrons. The summed E-state index contributed by atoms with van der Waals surface area (Å²) in [7, 11) is 1.51. The van der Waals surface area contributed by atoms with Crippen molar-refractivity contribution in [2.75, 3.05) is 12.4 Å². The molecule has 1 aromatic carbocycles. The summed E-state index contributed by atoms with van der Waals surface area (Å²) in [4.78, 5) is 34.5. The molecule has 1 aliphatic heterocycles. The average molecular weight is 358 g/mol. The van der Waals surface area contributed by atoms with E-state index in [0.29, 0.717) is 11.4 Å². The number of hydrogen-bond donors (Lipinski definition) is 4. The molecule has 0 unspecified atom stereocenters. The van der Waals surface area contributed by atoms with Crippen LogP contribution in [0.15, 0.2) is 24.3 Å². The predicted octanol–water partition coefficient (Wildman–Crippen LogP) is 0.491. The molecule has 1 heterocycles. The third-order valence-electron chi connectivity index (χ3n) is 2.89. The number of anilines is 1. The molecular formula is C12H12BrN3O5. The van der Waals surface area contributed by atoms with Gasteiger partial charge in [0.25, 0.3) is 5.91 Å². The Bertz CT molecular complexity index is 591. The van der Waals surface area contributed by atoms with Crippen molar-refractivity contribution in [3.63, 3.8) is 0 Å². The quantitative estimate of drug-likeness (QED) is 0.460. The van der Waals surface area contributed by atoms with Crippen LogP contribution in [-0.2, 0) is 9.59 Å². The number of alkyl halides is 1. The molecular weight excluding hydrogens is 346 g/mol. The fourth-order valence-electron chi connectivity index (χ4n) is 1.84. The molecule has 3 amide bonds. The van der Waals surface area contributed by atoms with Crippen LogP contribution in [0.4, 0.5) is 10.5 Å². The average Bonchev–Trinajstić information content (AvgIpc) is 2.43. The van der Waals surface area contributed by atoms with Crippen molar-refractivity contribution in [2.45, 2.75) is 10.5 Å². The van der Waals surface area contributed by atoms with Gasteiger partial charge < -0.3 is 20.5 Å². The molecule has 2 atom stereocenters. The van der Waals surface area contributed by atoms with Gasteiger partial charge in [0.05, 0.1) is 7.11 Å². The Morgan fingerprint density at radius 2 is 2.00 bits per heavy atom. The number of carbonyl (C=O) groups excluding carboxylic acids is 2. The van der Waals surface area contributed by atoms with Gasteiger partial charge in [-0.05, 0) is 40.2 Å². The van der Waals surface area contributed by atoms with Gasteiger partial charge in [-0.2, -0.15) is 0 Å². The topological polar surface area (TPSA) is 117 Å². The van der Waals surface area contributed by atoms with Crippen molar-refractivity contribution in [3.8, 4) is 5.75 Å². The van der Waals surface area contributed by atoms with E-state index < -0.39 is 28.4 Å². The Morgan fingerprint density at radius 3 is 2.52 bits per heavy atom. The van der Waals surface area contributed by atoms with Crippen molar-refractivity contribution in [1.82, 2.24) is 10.6 Å². The number of imide groups is 1. The van der Waals surface area contributed by atoms with Crippen molar-refractivity contribution < 1.29 is 24.2 Å². The molecule has 8 nitrogen and oxygen atoms in total. The Hall–Kier alpha value is -2.29. The number of nitrogens with one attached hydrogen (secondary N) is 3. The van der Waals surface area contributed by atoms with E-state index in [2.05, 4.69) is 26.6 Å². The molecule has 0 aromatic heterocycles. The fourth-order valence-corrected chi connectivity index (χ4v) is 2.48. The van der Waals surface area contributed by atoms with Gasteiger partial charge in [0.2, 0.25) is 4.45 Å². The second-order valence-corrected chi connectivity index (χ2v) is 5.51. The monoisotopic (exact) mass is 357 g/mol. The van der Waals surface area contributed by atoms with Crippen molar-refractivity contribution in [2.24, 2.45) is 0 Å². The molecule has 1 saturated heterocycles. The molecule has 1 aromatic rings. The van der Waals surface area contributed by atoms with Crippen molar-refractivity contribution >= 4 is 39.5 Å². The highest BCUT2D eigenvalue weighted by Crippen LogP contribution is 2.29. The Balaban J connectivity index is 2.29. The van der Waals surface area contributed by atoms with Crippen LogP contribution in [-0.4, -0.2) is 40.6 Å². The second kappa shape index (κ2) is 5.60. The lowest BCUT2D eigenvalue weighted by Crippen LogP contribution is -2.71. The zero-order chi connectivity index (χ0) is 15.6. The van der Waals surface area contributed by atoms with Crippen LogP contribution in [0.5, 0.6) is 5.75 Å². The first-order chi connectivity index (χ1) is 9.86. The second-order valence-electron chi connectivity index (χ2n) is 4.26. The first kappa shape index (κ1) is 15.1. The van der Waals surface area contributed by atoms with Crippen LogP contribution in [0.1, 0.15) is 0 Å². The minimum Gasteiger partial charge on any atom is -0.497 e. The normalized spacial score (nSPS) is 24.8. The van der Waals surface area contributed by atoms with E-state index in [0.717, 1.165) is 0 Å². The maximum Gasteiger partial charge on any atom is 0.330 e. The molecule has 21 heavy (non-hydrogen) atoms. The van der Waals surface area contributed by atoms with Crippen LogP contribution in [0.3, 0.4) is 0 Å². The van der Waals surface area contributed by atoms with Gasteiger partial charge in [0.15, 0.2) is 6.04 Å². The molecule has 4 N–H and O–H groups in total. The number of carboxylic acids is 1. The third kappa shape index (κ3) is 2.92. The zero-order valence-electron chi connectivity index (χ0n) is 10.8. The molecule has 0 saturated carbocycles. The van der Waals surface area contributed by atoms with Gasteiger partial charge in [-0.25, -0.2) is 9.59 Å². The Labute approximate surface area is 128 Å². The van der Waals surface area contributed by atoms with Gasteiger partial charge in [0.1, 0.15) is 5.75 Å². The number of methoxy groups -OCH3 is 1. The van der Waals surface area contributed by atoms with Gasteiger partial charge in [0, 0.05) is 5.69 Å². The van der Waals surface area contributed by atoms with Crippen molar-refractivity contribution in [3.05, 3.63) is 24.3 Å². The van der Waals surface area contributed by atoms with Crippen LogP contribution in [0, 0.1) is 0 Å². The van der Waals surface area contributed by atoms with Crippen molar-refractivity contribution in [1.29, 1.82) is 0 Å². The van der Waals surface area contributed by atoms with E-state index in [9.17, 15) is 19.5 Å². The van der Waals surface area contributed by atoms with E-state index >= 15 is 0 Å². The number of benzene rings is 1. The lowest BCUT2D eigenvalue weighted by molar-refractivity contribution is -0.142. The number of urea groups is 1. The van der Waals surface area contributed by atoms with E-state index in [-0.39, 0.29) is 0 Å². The number of ether oxygens (including phenoxy) is 1. The van der Waals surface area contributed by atoms with Crippen LogP contribution in [0.2, 0.25) is 0 Å². The molecule has 112 valence electrons. The third-order valence-corrected chi connectivity index (χ3v) is 3.91. The minimum absolute atomic E-state index is 0.477. The molecule has 1 fully saturated rings. The van der Waals surface area contributed by atoms with Gasteiger partial charge in [-0.1, -0.05) is 0 Å². The molecule has 2 rings (SSSR count). The summed E-state index contributed by atoms with van der Waals surface area (Å²) in [5, 5.41) is 16.1.